The van der Waals surface area contributed by atoms with Gasteiger partial charge in [-0.3, -0.25) is 9.59 Å². The number of aromatic nitrogens is 4. The van der Waals surface area contributed by atoms with E-state index in [1.54, 1.807) is 4.68 Å². The van der Waals surface area contributed by atoms with Crippen molar-refractivity contribution in [2.75, 3.05) is 6.61 Å². The molecule has 0 saturated carbocycles. The van der Waals surface area contributed by atoms with E-state index >= 15 is 0 Å². The Balaban J connectivity index is 1.46. The van der Waals surface area contributed by atoms with E-state index in [4.69, 9.17) is 4.74 Å². The Kier molecular flexibility index (Phi) is 6.53. The van der Waals surface area contributed by atoms with Crippen molar-refractivity contribution in [3.8, 4) is 11.4 Å². The molecule has 0 radical (unpaired) electrons. The van der Waals surface area contributed by atoms with Crippen LogP contribution in [0, 0.1) is 13.8 Å². The van der Waals surface area contributed by atoms with E-state index in [0.29, 0.717) is 24.4 Å². The summed E-state index contributed by atoms with van der Waals surface area (Å²) >= 11 is 0. The van der Waals surface area contributed by atoms with Crippen molar-refractivity contribution in [3.05, 3.63) is 81.9 Å². The lowest BCUT2D eigenvalue weighted by molar-refractivity contribution is -0.121. The molecule has 8 heteroatoms. The predicted molar refractivity (Wildman–Crippen MR) is 127 cm³/mol. The molecule has 1 N–H and O–H groups in total. The van der Waals surface area contributed by atoms with Crippen molar-refractivity contribution in [2.24, 2.45) is 0 Å². The lowest BCUT2D eigenvalue weighted by Gasteiger charge is -2.08. The zero-order valence-corrected chi connectivity index (χ0v) is 19.0. The third-order valence-corrected chi connectivity index (χ3v) is 5.46. The van der Waals surface area contributed by atoms with Crippen LogP contribution in [0.15, 0.2) is 59.4 Å². The minimum Gasteiger partial charge on any atom is -0.494 e. The van der Waals surface area contributed by atoms with Gasteiger partial charge in [0.15, 0.2) is 5.52 Å². The Labute approximate surface area is 191 Å². The lowest BCUT2D eigenvalue weighted by atomic mass is 10.2. The number of aryl methyl sites for hydroxylation is 3. The third-order valence-electron chi connectivity index (χ3n) is 5.46. The Morgan fingerprint density at radius 1 is 1.03 bits per heavy atom. The monoisotopic (exact) mass is 445 g/mol. The fraction of sp³-hybridized carbons (Fsp3) is 0.280. The van der Waals surface area contributed by atoms with Crippen LogP contribution in [-0.4, -0.2) is 32.1 Å². The molecule has 2 aromatic heterocycles. The molecule has 0 spiro atoms. The summed E-state index contributed by atoms with van der Waals surface area (Å²) < 4.78 is 8.51. The van der Waals surface area contributed by atoms with Gasteiger partial charge in [0.2, 0.25) is 5.91 Å². The Bertz CT molecular complexity index is 1320. The molecule has 4 aromatic rings. The van der Waals surface area contributed by atoms with Crippen LogP contribution in [0.5, 0.6) is 5.75 Å². The highest BCUT2D eigenvalue weighted by molar-refractivity contribution is 5.83. The summed E-state index contributed by atoms with van der Waals surface area (Å²) in [5.41, 5.74) is 3.48. The molecule has 0 aliphatic heterocycles. The molecule has 4 rings (SSSR count). The van der Waals surface area contributed by atoms with Crippen molar-refractivity contribution < 1.29 is 9.53 Å². The van der Waals surface area contributed by atoms with Gasteiger partial charge in [0.25, 0.3) is 5.56 Å². The molecule has 0 saturated heterocycles. The molecular weight excluding hydrogens is 418 g/mol. The summed E-state index contributed by atoms with van der Waals surface area (Å²) in [7, 11) is 0. The normalized spacial score (nSPS) is 11.0. The van der Waals surface area contributed by atoms with E-state index in [2.05, 4.69) is 15.5 Å². The van der Waals surface area contributed by atoms with Crippen LogP contribution in [0.25, 0.3) is 16.6 Å². The molecule has 0 unspecified atom stereocenters. The van der Waals surface area contributed by atoms with Gasteiger partial charge >= 0.3 is 0 Å². The predicted octanol–water partition coefficient (Wildman–Crippen LogP) is 3.30. The first-order valence-corrected chi connectivity index (χ1v) is 11.0. The maximum absolute atomic E-state index is 13.0. The number of hydrogen-bond acceptors (Lipinski definition) is 5. The average Bonchev–Trinajstić information content (AvgIpc) is 3.19. The smallest absolute Gasteiger partial charge is 0.295 e. The second-order valence-corrected chi connectivity index (χ2v) is 7.77. The molecule has 8 nitrogen and oxygen atoms in total. The Morgan fingerprint density at radius 3 is 2.45 bits per heavy atom. The van der Waals surface area contributed by atoms with Gasteiger partial charge in [-0.15, -0.1) is 0 Å². The van der Waals surface area contributed by atoms with Crippen molar-refractivity contribution in [2.45, 2.75) is 40.3 Å². The summed E-state index contributed by atoms with van der Waals surface area (Å²) in [5, 5.41) is 12.6. The standard InChI is InChI=1S/C25H27N5O3/c1-4-33-21-12-10-19(11-13-21)16-26-22(31)14-15-29-25(32)24-23(17(2)27-29)18(3)30(28-24)20-8-6-5-7-9-20/h5-13H,4,14-16H2,1-3H3,(H,26,31). The fourth-order valence-electron chi connectivity index (χ4n) is 3.82. The Hall–Kier alpha value is -3.94. The first kappa shape index (κ1) is 22.3. The maximum atomic E-state index is 13.0. The number of amides is 1. The molecule has 0 bridgehead atoms. The van der Waals surface area contributed by atoms with Gasteiger partial charge in [-0.25, -0.2) is 9.36 Å². The van der Waals surface area contributed by atoms with Crippen LogP contribution in [0.4, 0.5) is 0 Å². The second-order valence-electron chi connectivity index (χ2n) is 7.77. The van der Waals surface area contributed by atoms with Gasteiger partial charge in [0, 0.05) is 13.0 Å². The van der Waals surface area contributed by atoms with E-state index in [9.17, 15) is 9.59 Å². The largest absolute Gasteiger partial charge is 0.494 e. The quantitative estimate of drug-likeness (QED) is 0.449. The number of nitrogens with zero attached hydrogens (tertiary/aromatic N) is 4. The zero-order valence-electron chi connectivity index (χ0n) is 19.0. The number of hydrogen-bond donors (Lipinski definition) is 1. The summed E-state index contributed by atoms with van der Waals surface area (Å²) in [5.74, 6) is 0.648. The van der Waals surface area contributed by atoms with Crippen molar-refractivity contribution >= 4 is 16.8 Å². The summed E-state index contributed by atoms with van der Waals surface area (Å²) in [6, 6.07) is 17.3. The molecule has 0 aliphatic carbocycles. The molecule has 0 atom stereocenters. The van der Waals surface area contributed by atoms with Crippen molar-refractivity contribution in [3.63, 3.8) is 0 Å². The van der Waals surface area contributed by atoms with E-state index in [0.717, 1.165) is 28.1 Å². The van der Waals surface area contributed by atoms with Crippen LogP contribution in [-0.2, 0) is 17.9 Å². The molecular formula is C25H27N5O3. The zero-order chi connectivity index (χ0) is 23.4. The van der Waals surface area contributed by atoms with Gasteiger partial charge in [0.1, 0.15) is 5.75 Å². The molecule has 0 fully saturated rings. The molecule has 170 valence electrons. The highest BCUT2D eigenvalue weighted by Crippen LogP contribution is 2.21. The van der Waals surface area contributed by atoms with Crippen molar-refractivity contribution in [1.29, 1.82) is 0 Å². The number of fused-ring (bicyclic) bond motifs is 1. The maximum Gasteiger partial charge on any atom is 0.295 e. The minimum absolute atomic E-state index is 0.146. The van der Waals surface area contributed by atoms with E-state index in [-0.39, 0.29) is 24.4 Å². The van der Waals surface area contributed by atoms with Crippen LogP contribution in [0.1, 0.15) is 30.3 Å². The van der Waals surface area contributed by atoms with Gasteiger partial charge < -0.3 is 10.1 Å². The third kappa shape index (κ3) is 4.79. The number of nitrogens with one attached hydrogen (secondary N) is 1. The number of ether oxygens (including phenoxy) is 1. The molecule has 0 aliphatic rings. The molecule has 2 aromatic carbocycles. The van der Waals surface area contributed by atoms with Gasteiger partial charge in [-0.2, -0.15) is 10.2 Å². The fourth-order valence-corrected chi connectivity index (χ4v) is 3.82. The topological polar surface area (TPSA) is 91.0 Å². The van der Waals surface area contributed by atoms with Gasteiger partial charge in [0.05, 0.1) is 35.6 Å². The number of carbonyl (C=O) groups excluding carboxylic acids is 1. The number of benzene rings is 2. The van der Waals surface area contributed by atoms with Gasteiger partial charge in [-0.1, -0.05) is 30.3 Å². The van der Waals surface area contributed by atoms with Gasteiger partial charge in [-0.05, 0) is 50.6 Å². The van der Waals surface area contributed by atoms with E-state index in [1.807, 2.05) is 75.4 Å². The van der Waals surface area contributed by atoms with Crippen LogP contribution in [0.2, 0.25) is 0 Å². The summed E-state index contributed by atoms with van der Waals surface area (Å²) in [4.78, 5) is 25.4. The molecule has 1 amide bonds. The summed E-state index contributed by atoms with van der Waals surface area (Å²) in [6.45, 7) is 6.92. The van der Waals surface area contributed by atoms with E-state index in [1.165, 1.54) is 4.68 Å². The van der Waals surface area contributed by atoms with Crippen molar-refractivity contribution in [1.82, 2.24) is 24.9 Å². The minimum atomic E-state index is -0.298. The van der Waals surface area contributed by atoms with Crippen LogP contribution < -0.4 is 15.6 Å². The van der Waals surface area contributed by atoms with Crippen LogP contribution in [0.3, 0.4) is 0 Å². The lowest BCUT2D eigenvalue weighted by Crippen LogP contribution is -2.29. The Morgan fingerprint density at radius 2 is 1.76 bits per heavy atom. The first-order valence-electron chi connectivity index (χ1n) is 11.0. The van der Waals surface area contributed by atoms with Crippen LogP contribution >= 0.6 is 0 Å². The molecule has 2 heterocycles. The highest BCUT2D eigenvalue weighted by atomic mass is 16.5. The average molecular weight is 446 g/mol. The van der Waals surface area contributed by atoms with E-state index < -0.39 is 0 Å². The number of rotatable bonds is 8. The summed E-state index contributed by atoms with van der Waals surface area (Å²) in [6.07, 6.45) is 0.146. The molecule has 33 heavy (non-hydrogen) atoms. The number of para-hydroxylation sites is 1. The number of carbonyl (C=O) groups is 1. The SMILES string of the molecule is CCOc1ccc(CNC(=O)CCn2nc(C)c3c(C)n(-c4ccccc4)nc3c2=O)cc1. The highest BCUT2D eigenvalue weighted by Gasteiger charge is 2.17. The second kappa shape index (κ2) is 9.68. The first-order chi connectivity index (χ1) is 16.0.